The minimum absolute atomic E-state index is 0.0785. The predicted molar refractivity (Wildman–Crippen MR) is 48.9 cm³/mol. The molecule has 2 unspecified atom stereocenters. The lowest BCUT2D eigenvalue weighted by molar-refractivity contribution is 0.0160. The highest BCUT2D eigenvalue weighted by atomic mass is 16.5. The quantitative estimate of drug-likeness (QED) is 0.320. The topological polar surface area (TPSA) is 67.6 Å². The number of hydrogen-bond donors (Lipinski definition) is 2. The Morgan fingerprint density at radius 3 is 2.85 bits per heavy atom. The first-order valence-electron chi connectivity index (χ1n) is 4.54. The summed E-state index contributed by atoms with van der Waals surface area (Å²) in [6, 6.07) is -0.232. The summed E-state index contributed by atoms with van der Waals surface area (Å²) in [7, 11) is 0. The van der Waals surface area contributed by atoms with Crippen LogP contribution in [0.1, 0.15) is 20.3 Å². The van der Waals surface area contributed by atoms with Gasteiger partial charge in [-0.3, -0.25) is 5.43 Å². The maximum atomic E-state index is 11.2. The van der Waals surface area contributed by atoms with E-state index in [1.54, 1.807) is 4.90 Å². The highest BCUT2D eigenvalue weighted by Crippen LogP contribution is 2.10. The van der Waals surface area contributed by atoms with Crippen LogP contribution in [-0.4, -0.2) is 36.2 Å². The van der Waals surface area contributed by atoms with Gasteiger partial charge in [0.2, 0.25) is 0 Å². The number of carbonyl (C=O) groups is 1. The molecule has 5 heteroatoms. The number of rotatable bonds is 0. The smallest absolute Gasteiger partial charge is 0.331 e. The molecule has 2 amide bonds. The fourth-order valence-electron chi connectivity index (χ4n) is 1.52. The minimum atomic E-state index is -0.232. The van der Waals surface area contributed by atoms with E-state index in [0.717, 1.165) is 6.42 Å². The maximum Gasteiger partial charge on any atom is 0.331 e. The highest BCUT2D eigenvalue weighted by molar-refractivity contribution is 5.73. The Balaban J connectivity index is 2.52. The van der Waals surface area contributed by atoms with Gasteiger partial charge in [-0.2, -0.15) is 0 Å². The Kier molecular flexibility index (Phi) is 3.50. The van der Waals surface area contributed by atoms with Crippen molar-refractivity contribution in [3.63, 3.8) is 0 Å². The Morgan fingerprint density at radius 1 is 1.54 bits per heavy atom. The average Bonchev–Trinajstić information content (AvgIpc) is 2.25. The van der Waals surface area contributed by atoms with E-state index in [-0.39, 0.29) is 18.2 Å². The van der Waals surface area contributed by atoms with Crippen molar-refractivity contribution in [3.8, 4) is 0 Å². The molecule has 3 N–H and O–H groups in total. The maximum absolute atomic E-state index is 11.2. The van der Waals surface area contributed by atoms with E-state index in [9.17, 15) is 4.79 Å². The average molecular weight is 187 g/mol. The number of nitrogens with zero attached hydrogens (tertiary/aromatic N) is 1. The predicted octanol–water partition coefficient (Wildman–Crippen LogP) is 0.0690. The van der Waals surface area contributed by atoms with Crippen LogP contribution in [0.5, 0.6) is 0 Å². The van der Waals surface area contributed by atoms with Gasteiger partial charge in [0.05, 0.1) is 12.2 Å². The molecule has 2 atom stereocenters. The van der Waals surface area contributed by atoms with Gasteiger partial charge < -0.3 is 9.64 Å². The van der Waals surface area contributed by atoms with Gasteiger partial charge in [-0.05, 0) is 20.3 Å². The summed E-state index contributed by atoms with van der Waals surface area (Å²) in [4.78, 5) is 12.9. The van der Waals surface area contributed by atoms with Gasteiger partial charge in [0.25, 0.3) is 0 Å². The van der Waals surface area contributed by atoms with Crippen LogP contribution in [0.3, 0.4) is 0 Å². The third kappa shape index (κ3) is 2.86. The molecule has 1 rings (SSSR count). The molecule has 0 aromatic rings. The van der Waals surface area contributed by atoms with E-state index in [2.05, 4.69) is 5.43 Å². The first kappa shape index (κ1) is 10.3. The lowest BCUT2D eigenvalue weighted by Crippen LogP contribution is -2.45. The zero-order valence-electron chi connectivity index (χ0n) is 8.12. The van der Waals surface area contributed by atoms with Crippen LogP contribution < -0.4 is 11.3 Å². The van der Waals surface area contributed by atoms with Gasteiger partial charge in [-0.1, -0.05) is 0 Å². The van der Waals surface area contributed by atoms with Gasteiger partial charge >= 0.3 is 6.03 Å². The molecule has 1 aliphatic heterocycles. The Bertz CT molecular complexity index is 186. The lowest BCUT2D eigenvalue weighted by atomic mass is 10.3. The zero-order chi connectivity index (χ0) is 9.84. The molecular formula is C8H17N3O2. The number of carbonyl (C=O) groups excluding carboxylic acids is 1. The number of hydrogen-bond acceptors (Lipinski definition) is 3. The third-order valence-electron chi connectivity index (χ3n) is 2.16. The first-order valence-corrected chi connectivity index (χ1v) is 4.54. The van der Waals surface area contributed by atoms with E-state index in [4.69, 9.17) is 10.6 Å². The van der Waals surface area contributed by atoms with Crippen molar-refractivity contribution in [1.29, 1.82) is 0 Å². The molecule has 1 saturated heterocycles. The molecule has 13 heavy (non-hydrogen) atoms. The van der Waals surface area contributed by atoms with Crippen LogP contribution in [0, 0.1) is 0 Å². The van der Waals surface area contributed by atoms with E-state index in [0.29, 0.717) is 13.1 Å². The van der Waals surface area contributed by atoms with Crippen molar-refractivity contribution in [1.82, 2.24) is 10.3 Å². The fraction of sp³-hybridized carbons (Fsp3) is 0.875. The van der Waals surface area contributed by atoms with E-state index >= 15 is 0 Å². The summed E-state index contributed by atoms with van der Waals surface area (Å²) in [5.41, 5.74) is 2.13. The largest absolute Gasteiger partial charge is 0.374 e. The number of ether oxygens (including phenoxy) is 1. The van der Waals surface area contributed by atoms with Gasteiger partial charge in [0, 0.05) is 13.1 Å². The number of amides is 2. The summed E-state index contributed by atoms with van der Waals surface area (Å²) in [6.45, 7) is 5.28. The second kappa shape index (κ2) is 4.43. The van der Waals surface area contributed by atoms with Crippen LogP contribution >= 0.6 is 0 Å². The summed E-state index contributed by atoms with van der Waals surface area (Å²) >= 11 is 0. The van der Waals surface area contributed by atoms with E-state index in [1.165, 1.54) is 0 Å². The van der Waals surface area contributed by atoms with Crippen molar-refractivity contribution in [2.24, 2.45) is 5.84 Å². The highest BCUT2D eigenvalue weighted by Gasteiger charge is 2.22. The molecule has 5 nitrogen and oxygen atoms in total. The van der Waals surface area contributed by atoms with Crippen molar-refractivity contribution >= 4 is 6.03 Å². The molecule has 1 heterocycles. The van der Waals surface area contributed by atoms with Crippen molar-refractivity contribution < 1.29 is 9.53 Å². The van der Waals surface area contributed by atoms with Gasteiger partial charge in [0.15, 0.2) is 0 Å². The summed E-state index contributed by atoms with van der Waals surface area (Å²) in [6.07, 6.45) is 1.15. The van der Waals surface area contributed by atoms with Crippen LogP contribution in [0.4, 0.5) is 4.79 Å². The molecule has 0 spiro atoms. The number of nitrogens with two attached hydrogens (primary N) is 1. The minimum Gasteiger partial charge on any atom is -0.374 e. The van der Waals surface area contributed by atoms with Crippen molar-refractivity contribution in [2.75, 3.05) is 13.1 Å². The lowest BCUT2D eigenvalue weighted by Gasteiger charge is -2.20. The van der Waals surface area contributed by atoms with Crippen LogP contribution in [0.25, 0.3) is 0 Å². The third-order valence-corrected chi connectivity index (χ3v) is 2.16. The Labute approximate surface area is 78.2 Å². The van der Waals surface area contributed by atoms with Crippen molar-refractivity contribution in [2.45, 2.75) is 32.5 Å². The summed E-state index contributed by atoms with van der Waals surface area (Å²) < 4.78 is 5.57. The Morgan fingerprint density at radius 2 is 2.23 bits per heavy atom. The van der Waals surface area contributed by atoms with Gasteiger partial charge in [0.1, 0.15) is 0 Å². The molecule has 0 aliphatic carbocycles. The zero-order valence-corrected chi connectivity index (χ0v) is 8.12. The molecule has 0 aromatic carbocycles. The van der Waals surface area contributed by atoms with E-state index in [1.807, 2.05) is 13.8 Å². The fourth-order valence-corrected chi connectivity index (χ4v) is 1.52. The number of urea groups is 1. The summed E-state index contributed by atoms with van der Waals surface area (Å²) in [5.74, 6) is 5.05. The number of nitrogens with one attached hydrogen (secondary N) is 1. The molecule has 0 radical (unpaired) electrons. The van der Waals surface area contributed by atoms with Crippen LogP contribution in [0.15, 0.2) is 0 Å². The molecular weight excluding hydrogens is 170 g/mol. The molecule has 76 valence electrons. The monoisotopic (exact) mass is 187 g/mol. The molecule has 0 saturated carbocycles. The second-order valence-corrected chi connectivity index (χ2v) is 3.44. The SMILES string of the molecule is CC1CCN(C(=O)NN)CC(C)O1. The Hall–Kier alpha value is -0.810. The van der Waals surface area contributed by atoms with E-state index < -0.39 is 0 Å². The molecule has 0 bridgehead atoms. The molecule has 0 aromatic heterocycles. The molecule has 1 aliphatic rings. The van der Waals surface area contributed by atoms with Gasteiger partial charge in [-0.25, -0.2) is 10.6 Å². The van der Waals surface area contributed by atoms with Crippen LogP contribution in [0.2, 0.25) is 0 Å². The van der Waals surface area contributed by atoms with Crippen molar-refractivity contribution in [3.05, 3.63) is 0 Å². The number of hydrazine groups is 1. The summed E-state index contributed by atoms with van der Waals surface area (Å²) in [5, 5.41) is 0. The normalized spacial score (nSPS) is 29.6. The first-order chi connectivity index (χ1) is 6.13. The van der Waals surface area contributed by atoms with Crippen LogP contribution in [-0.2, 0) is 4.74 Å². The van der Waals surface area contributed by atoms with Gasteiger partial charge in [-0.15, -0.1) is 0 Å². The standard InChI is InChI=1S/C8H17N3O2/c1-6-3-4-11(8(12)10-9)5-7(2)13-6/h6-7H,3-5,9H2,1-2H3,(H,10,12). The second-order valence-electron chi connectivity index (χ2n) is 3.44. The molecule has 1 fully saturated rings.